The van der Waals surface area contributed by atoms with Crippen LogP contribution in [0.3, 0.4) is 0 Å². The number of ether oxygens (including phenoxy) is 2. The van der Waals surface area contributed by atoms with E-state index >= 15 is 0 Å². The lowest BCUT2D eigenvalue weighted by Gasteiger charge is -2.37. The minimum Gasteiger partial charge on any atom is -0.497 e. The molecule has 3 aromatic rings. The van der Waals surface area contributed by atoms with E-state index in [2.05, 4.69) is 4.98 Å². The summed E-state index contributed by atoms with van der Waals surface area (Å²) in [6, 6.07) is 10.4. The number of piperidine rings is 1. The lowest BCUT2D eigenvalue weighted by Crippen LogP contribution is -2.52. The Morgan fingerprint density at radius 1 is 0.950 bits per heavy atom. The molecule has 0 aliphatic carbocycles. The minimum atomic E-state index is -4.93. The van der Waals surface area contributed by atoms with Gasteiger partial charge in [-0.2, -0.15) is 17.5 Å². The Morgan fingerprint density at radius 3 is 2.27 bits per heavy atom. The molecule has 5 rings (SSSR count). The van der Waals surface area contributed by atoms with Crippen LogP contribution in [0.4, 0.5) is 18.9 Å². The molecule has 0 radical (unpaired) electrons. The van der Waals surface area contributed by atoms with Crippen LogP contribution in [0.25, 0.3) is 10.9 Å². The van der Waals surface area contributed by atoms with Crippen molar-refractivity contribution in [2.24, 2.45) is 0 Å². The van der Waals surface area contributed by atoms with Crippen LogP contribution >= 0.6 is 0 Å². The number of carbonyl (C=O) groups is 1. The summed E-state index contributed by atoms with van der Waals surface area (Å²) in [6.07, 6.45) is -1.64. The summed E-state index contributed by atoms with van der Waals surface area (Å²) in [5, 5.41) is 1.07. The summed E-state index contributed by atoms with van der Waals surface area (Å²) in [6.45, 7) is 0.662. The number of aromatic amines is 1. The third-order valence-corrected chi connectivity index (χ3v) is 9.65. The highest BCUT2D eigenvalue weighted by molar-refractivity contribution is 7.89. The van der Waals surface area contributed by atoms with Gasteiger partial charge >= 0.3 is 12.1 Å². The molecule has 40 heavy (non-hydrogen) atoms. The predicted octanol–water partition coefficient (Wildman–Crippen LogP) is 3.96. The molecule has 13 heteroatoms. The van der Waals surface area contributed by atoms with Crippen molar-refractivity contribution in [2.45, 2.75) is 29.8 Å². The average Bonchev–Trinajstić information content (AvgIpc) is 3.39. The number of methoxy groups -OCH3 is 2. The third kappa shape index (κ3) is 5.31. The normalized spacial score (nSPS) is 17.8. The first-order valence-electron chi connectivity index (χ1n) is 13.0. The second-order valence-corrected chi connectivity index (χ2v) is 11.9. The number of sulfonamides is 1. The van der Waals surface area contributed by atoms with Crippen molar-refractivity contribution in [1.29, 1.82) is 0 Å². The second-order valence-electron chi connectivity index (χ2n) is 9.94. The molecule has 1 amide bonds. The van der Waals surface area contributed by atoms with Gasteiger partial charge in [0, 0.05) is 56.4 Å². The quantitative estimate of drug-likeness (QED) is 0.475. The molecule has 2 aromatic carbocycles. The van der Waals surface area contributed by atoms with Crippen LogP contribution in [0, 0.1) is 0 Å². The van der Waals surface area contributed by atoms with Gasteiger partial charge in [0.15, 0.2) is 0 Å². The maximum absolute atomic E-state index is 13.6. The van der Waals surface area contributed by atoms with Crippen molar-refractivity contribution < 1.29 is 35.9 Å². The topological polar surface area (TPSA) is 95.2 Å². The Hall–Kier alpha value is -3.45. The van der Waals surface area contributed by atoms with Crippen molar-refractivity contribution in [1.82, 2.24) is 14.2 Å². The van der Waals surface area contributed by atoms with Crippen molar-refractivity contribution in [2.75, 3.05) is 58.4 Å². The van der Waals surface area contributed by atoms with Gasteiger partial charge in [-0.1, -0.05) is 0 Å². The molecule has 0 unspecified atom stereocenters. The molecule has 0 saturated carbocycles. The first-order valence-corrected chi connectivity index (χ1v) is 14.4. The van der Waals surface area contributed by atoms with Crippen LogP contribution in [0.15, 0.2) is 47.5 Å². The summed E-state index contributed by atoms with van der Waals surface area (Å²) in [7, 11) is -0.760. The highest BCUT2D eigenvalue weighted by Crippen LogP contribution is 2.38. The molecule has 0 bridgehead atoms. The van der Waals surface area contributed by atoms with Gasteiger partial charge in [0.1, 0.15) is 11.5 Å². The van der Waals surface area contributed by atoms with Crippen molar-refractivity contribution >= 4 is 32.5 Å². The van der Waals surface area contributed by atoms with Crippen LogP contribution in [0.1, 0.15) is 24.3 Å². The van der Waals surface area contributed by atoms with Gasteiger partial charge in [0.2, 0.25) is 10.0 Å². The zero-order chi connectivity index (χ0) is 28.7. The van der Waals surface area contributed by atoms with E-state index in [0.717, 1.165) is 27.1 Å². The summed E-state index contributed by atoms with van der Waals surface area (Å²) < 4.78 is 78.0. The number of alkyl halides is 3. The minimum absolute atomic E-state index is 0.0902. The summed E-state index contributed by atoms with van der Waals surface area (Å²) in [4.78, 5) is 17.5. The smallest absolute Gasteiger partial charge is 0.471 e. The van der Waals surface area contributed by atoms with E-state index in [4.69, 9.17) is 9.47 Å². The molecular formula is C27H31F3N4O5S. The molecule has 3 heterocycles. The molecule has 2 aliphatic rings. The summed E-state index contributed by atoms with van der Waals surface area (Å²) in [5.74, 6) is -0.514. The Bertz CT molecular complexity index is 1490. The Kier molecular flexibility index (Phi) is 7.62. The summed E-state index contributed by atoms with van der Waals surface area (Å²) in [5.41, 5.74) is 2.60. The summed E-state index contributed by atoms with van der Waals surface area (Å²) >= 11 is 0. The first-order chi connectivity index (χ1) is 19.0. The number of carbonyl (C=O) groups excluding carboxylic acids is 1. The number of rotatable bonds is 6. The fourth-order valence-corrected chi connectivity index (χ4v) is 7.04. The lowest BCUT2D eigenvalue weighted by molar-refractivity contribution is -0.185. The van der Waals surface area contributed by atoms with Crippen LogP contribution in [0.2, 0.25) is 0 Å². The number of hydrogen-bond donors (Lipinski definition) is 1. The fraction of sp³-hybridized carbons (Fsp3) is 0.444. The molecule has 2 saturated heterocycles. The number of piperazine rings is 1. The Labute approximate surface area is 230 Å². The number of aromatic nitrogens is 1. The van der Waals surface area contributed by atoms with Crippen LogP contribution in [-0.2, 0) is 14.8 Å². The molecule has 0 spiro atoms. The van der Waals surface area contributed by atoms with E-state index in [0.29, 0.717) is 37.4 Å². The molecule has 1 aromatic heterocycles. The van der Waals surface area contributed by atoms with Crippen molar-refractivity contribution in [3.8, 4) is 11.5 Å². The van der Waals surface area contributed by atoms with E-state index in [9.17, 15) is 26.4 Å². The van der Waals surface area contributed by atoms with Gasteiger partial charge in [-0.25, -0.2) is 8.42 Å². The van der Waals surface area contributed by atoms with Crippen LogP contribution < -0.4 is 14.4 Å². The zero-order valence-electron chi connectivity index (χ0n) is 22.2. The van der Waals surface area contributed by atoms with E-state index in [1.165, 1.54) is 23.5 Å². The molecule has 9 nitrogen and oxygen atoms in total. The third-order valence-electron chi connectivity index (χ3n) is 7.75. The highest BCUT2D eigenvalue weighted by Gasteiger charge is 2.43. The van der Waals surface area contributed by atoms with E-state index < -0.39 is 22.1 Å². The Morgan fingerprint density at radius 2 is 1.65 bits per heavy atom. The standard InChI is InChI=1S/C27H31F3N4O5S/c1-38-19-3-5-23-21(15-19)22(17-31-23)18-7-9-34(10-8-18)40(36,37)20-4-6-25(39-2)24(16-20)32-11-13-33(14-12-32)26(35)27(28,29)30/h3-6,15-18,31H,7-14H2,1-2H3. The van der Waals surface area contributed by atoms with Gasteiger partial charge in [0.25, 0.3) is 0 Å². The number of nitrogens with one attached hydrogen (secondary N) is 1. The average molecular weight is 581 g/mol. The molecular weight excluding hydrogens is 549 g/mol. The zero-order valence-corrected chi connectivity index (χ0v) is 23.0. The monoisotopic (exact) mass is 580 g/mol. The number of hydrogen-bond acceptors (Lipinski definition) is 6. The van der Waals surface area contributed by atoms with Crippen molar-refractivity contribution in [3.05, 3.63) is 48.2 Å². The van der Waals surface area contributed by atoms with Crippen molar-refractivity contribution in [3.63, 3.8) is 0 Å². The van der Waals surface area contributed by atoms with Gasteiger partial charge in [-0.05, 0) is 60.7 Å². The van der Waals surface area contributed by atoms with E-state index in [1.54, 1.807) is 18.1 Å². The van der Waals surface area contributed by atoms with Crippen LogP contribution in [0.5, 0.6) is 11.5 Å². The van der Waals surface area contributed by atoms with Gasteiger partial charge in [0.05, 0.1) is 24.8 Å². The predicted molar refractivity (Wildman–Crippen MR) is 143 cm³/mol. The van der Waals surface area contributed by atoms with E-state index in [-0.39, 0.29) is 37.0 Å². The molecule has 0 atom stereocenters. The molecule has 216 valence electrons. The number of H-pyrrole nitrogens is 1. The molecule has 2 fully saturated rings. The molecule has 2 aliphatic heterocycles. The number of nitrogens with zero attached hydrogens (tertiary/aromatic N) is 3. The van der Waals surface area contributed by atoms with E-state index in [1.807, 2.05) is 24.4 Å². The second kappa shape index (κ2) is 10.8. The van der Waals surface area contributed by atoms with Gasteiger partial charge in [-0.3, -0.25) is 4.79 Å². The largest absolute Gasteiger partial charge is 0.497 e. The number of amides is 1. The van der Waals surface area contributed by atoms with Crippen LogP contribution in [-0.4, -0.2) is 88.2 Å². The highest BCUT2D eigenvalue weighted by atomic mass is 32.2. The Balaban J connectivity index is 1.30. The maximum atomic E-state index is 13.6. The van der Waals surface area contributed by atoms with Gasteiger partial charge in [-0.15, -0.1) is 0 Å². The lowest BCUT2D eigenvalue weighted by atomic mass is 9.90. The fourth-order valence-electron chi connectivity index (χ4n) is 5.55. The maximum Gasteiger partial charge on any atom is 0.471 e. The number of halogens is 3. The number of fused-ring (bicyclic) bond motifs is 1. The number of benzene rings is 2. The SMILES string of the molecule is COc1ccc2[nH]cc(C3CCN(S(=O)(=O)c4ccc(OC)c(N5CCN(C(=O)C(F)(F)F)CC5)c4)CC3)c2c1. The first kappa shape index (κ1) is 28.1. The van der Waals surface area contributed by atoms with Gasteiger partial charge < -0.3 is 24.3 Å². The number of anilines is 1. The molecule has 1 N–H and O–H groups in total.